The van der Waals surface area contributed by atoms with Crippen LogP contribution in [0.25, 0.3) is 44.4 Å². The quantitative estimate of drug-likeness (QED) is 0.162. The molecule has 0 radical (unpaired) electrons. The van der Waals surface area contributed by atoms with Crippen molar-refractivity contribution in [2.24, 2.45) is 0 Å². The summed E-state index contributed by atoms with van der Waals surface area (Å²) in [6.07, 6.45) is 5.63. The van der Waals surface area contributed by atoms with Crippen LogP contribution < -0.4 is 4.74 Å². The maximum absolute atomic E-state index is 6.73. The Morgan fingerprint density at radius 1 is 0.681 bits per heavy atom. The Labute approximate surface area is 277 Å². The lowest BCUT2D eigenvalue weighted by molar-refractivity contribution is 0.482. The van der Waals surface area contributed by atoms with Crippen LogP contribution in [0.2, 0.25) is 0 Å². The van der Waals surface area contributed by atoms with E-state index in [1.54, 1.807) is 0 Å². The Balaban J connectivity index is 1.36. The Morgan fingerprint density at radius 3 is 2.21 bits per heavy atom. The highest BCUT2D eigenvalue weighted by Gasteiger charge is 2.22. The van der Waals surface area contributed by atoms with E-state index in [9.17, 15) is 0 Å². The number of hydrogen-bond acceptors (Lipinski definition) is 3. The molecule has 0 saturated heterocycles. The van der Waals surface area contributed by atoms with Crippen LogP contribution in [0, 0.1) is 20.8 Å². The van der Waals surface area contributed by atoms with Crippen LogP contribution in [0.4, 0.5) is 0 Å². The largest absolute Gasteiger partial charge is 0.457 e. The third-order valence-electron chi connectivity index (χ3n) is 9.20. The first-order valence-electron chi connectivity index (χ1n) is 16.9. The molecule has 236 valence electrons. The minimum absolute atomic E-state index is 0.787. The minimum Gasteiger partial charge on any atom is -0.457 e. The molecule has 47 heavy (non-hydrogen) atoms. The van der Waals surface area contributed by atoms with Crippen molar-refractivity contribution in [3.05, 3.63) is 131 Å². The van der Waals surface area contributed by atoms with Gasteiger partial charge in [0.25, 0.3) is 0 Å². The lowest BCUT2D eigenvalue weighted by Gasteiger charge is -2.15. The van der Waals surface area contributed by atoms with Gasteiger partial charge in [-0.3, -0.25) is 4.57 Å². The summed E-state index contributed by atoms with van der Waals surface area (Å²) in [4.78, 5) is 4.75. The summed E-state index contributed by atoms with van der Waals surface area (Å²) >= 11 is 0. The molecule has 7 aromatic rings. The standard InChI is InChI=1S/C42H42N4O/c1-7-13-30-23-31(46-37(9-3)42(36(8-2)44-46)41-28(5)14-12-15-29(41)6)25-33(24-30)47-32-18-19-35-34-16-10-11-17-38(34)45(39(35)26-32)40-22-27(4)20-21-43-40/h10-12,14-26H,7-9,13H2,1-6H3. The first-order valence-corrected chi connectivity index (χ1v) is 16.9. The van der Waals surface area contributed by atoms with Crippen LogP contribution in [0.15, 0.2) is 97.2 Å². The number of pyridine rings is 1. The second-order valence-electron chi connectivity index (χ2n) is 12.6. The first-order chi connectivity index (χ1) is 22.9. The molecule has 5 heteroatoms. The van der Waals surface area contributed by atoms with Gasteiger partial charge in [-0.25, -0.2) is 9.67 Å². The molecule has 0 fully saturated rings. The fourth-order valence-corrected chi connectivity index (χ4v) is 7.09. The normalized spacial score (nSPS) is 11.5. The van der Waals surface area contributed by atoms with E-state index in [-0.39, 0.29) is 0 Å². The third-order valence-corrected chi connectivity index (χ3v) is 9.20. The zero-order chi connectivity index (χ0) is 32.7. The van der Waals surface area contributed by atoms with Crippen molar-refractivity contribution in [2.75, 3.05) is 0 Å². The second-order valence-corrected chi connectivity index (χ2v) is 12.6. The molecular formula is C42H42N4O. The monoisotopic (exact) mass is 618 g/mol. The van der Waals surface area contributed by atoms with E-state index in [0.717, 1.165) is 65.4 Å². The third kappa shape index (κ3) is 5.50. The highest BCUT2D eigenvalue weighted by atomic mass is 16.5. The van der Waals surface area contributed by atoms with Crippen molar-refractivity contribution in [3.63, 3.8) is 0 Å². The van der Waals surface area contributed by atoms with Gasteiger partial charge in [0.2, 0.25) is 0 Å². The van der Waals surface area contributed by atoms with Gasteiger partial charge in [0, 0.05) is 34.7 Å². The van der Waals surface area contributed by atoms with E-state index in [1.807, 2.05) is 12.3 Å². The fraction of sp³-hybridized carbons (Fsp3) is 0.238. The van der Waals surface area contributed by atoms with Crippen LogP contribution in [-0.2, 0) is 19.3 Å². The number of aryl methyl sites for hydroxylation is 5. The number of hydrogen-bond donors (Lipinski definition) is 0. The van der Waals surface area contributed by atoms with E-state index < -0.39 is 0 Å². The predicted octanol–water partition coefficient (Wildman–Crippen LogP) is 10.8. The number of rotatable bonds is 9. The number of ether oxygens (including phenoxy) is 1. The topological polar surface area (TPSA) is 44.9 Å². The first kappa shape index (κ1) is 30.5. The van der Waals surface area contributed by atoms with Crippen molar-refractivity contribution in [2.45, 2.75) is 67.2 Å². The lowest BCUT2D eigenvalue weighted by atomic mass is 9.92. The molecule has 0 aliphatic carbocycles. The molecule has 7 rings (SSSR count). The van der Waals surface area contributed by atoms with Crippen molar-refractivity contribution in [1.29, 1.82) is 0 Å². The Bertz CT molecular complexity index is 2230. The summed E-state index contributed by atoms with van der Waals surface area (Å²) in [6.45, 7) is 13.2. The summed E-state index contributed by atoms with van der Waals surface area (Å²) in [7, 11) is 0. The summed E-state index contributed by atoms with van der Waals surface area (Å²) < 4.78 is 11.1. The van der Waals surface area contributed by atoms with Crippen LogP contribution >= 0.6 is 0 Å². The van der Waals surface area contributed by atoms with Crippen molar-refractivity contribution in [1.82, 2.24) is 19.3 Å². The van der Waals surface area contributed by atoms with Crippen molar-refractivity contribution in [3.8, 4) is 34.1 Å². The van der Waals surface area contributed by atoms with Gasteiger partial charge in [-0.1, -0.05) is 63.6 Å². The van der Waals surface area contributed by atoms with Gasteiger partial charge in [-0.05, 0) is 110 Å². The summed E-state index contributed by atoms with van der Waals surface area (Å²) in [5, 5.41) is 7.62. The maximum atomic E-state index is 6.73. The number of fused-ring (bicyclic) bond motifs is 3. The van der Waals surface area contributed by atoms with E-state index >= 15 is 0 Å². The molecule has 0 N–H and O–H groups in total. The molecule has 4 aromatic carbocycles. The summed E-state index contributed by atoms with van der Waals surface area (Å²) in [6, 6.07) is 32.2. The van der Waals surface area contributed by atoms with E-state index in [1.165, 1.54) is 49.8 Å². The van der Waals surface area contributed by atoms with Gasteiger partial charge in [-0.2, -0.15) is 5.10 Å². The van der Waals surface area contributed by atoms with Crippen LogP contribution in [-0.4, -0.2) is 19.3 Å². The fourth-order valence-electron chi connectivity index (χ4n) is 7.09. The average Bonchev–Trinajstić information content (AvgIpc) is 3.60. The average molecular weight is 619 g/mol. The molecule has 0 unspecified atom stereocenters. The van der Waals surface area contributed by atoms with Gasteiger partial charge < -0.3 is 4.74 Å². The molecular weight excluding hydrogens is 576 g/mol. The molecule has 0 atom stereocenters. The van der Waals surface area contributed by atoms with E-state index in [2.05, 4.69) is 136 Å². The van der Waals surface area contributed by atoms with Crippen molar-refractivity contribution >= 4 is 21.8 Å². The van der Waals surface area contributed by atoms with E-state index in [4.69, 9.17) is 14.8 Å². The SMILES string of the molecule is CCCc1cc(Oc2ccc3c4ccccc4n(-c4cc(C)ccn4)c3c2)cc(-n2nc(CC)c(-c3c(C)cccc3C)c2CC)c1. The molecule has 0 spiro atoms. The molecule has 0 bridgehead atoms. The predicted molar refractivity (Wildman–Crippen MR) is 195 cm³/mol. The smallest absolute Gasteiger partial charge is 0.137 e. The van der Waals surface area contributed by atoms with Gasteiger partial charge in [0.1, 0.15) is 17.3 Å². The Morgan fingerprint density at radius 2 is 1.47 bits per heavy atom. The molecule has 5 nitrogen and oxygen atoms in total. The molecule has 0 amide bonds. The molecule has 3 heterocycles. The van der Waals surface area contributed by atoms with E-state index in [0.29, 0.717) is 0 Å². The number of para-hydroxylation sites is 1. The van der Waals surface area contributed by atoms with Crippen molar-refractivity contribution < 1.29 is 4.74 Å². The number of benzene rings is 4. The zero-order valence-corrected chi connectivity index (χ0v) is 28.3. The van der Waals surface area contributed by atoms with Crippen LogP contribution in [0.1, 0.15) is 60.8 Å². The Hall–Kier alpha value is -5.16. The summed E-state index contributed by atoms with van der Waals surface area (Å²) in [5.41, 5.74) is 13.2. The van der Waals surface area contributed by atoms with Gasteiger partial charge >= 0.3 is 0 Å². The lowest BCUT2D eigenvalue weighted by Crippen LogP contribution is -2.04. The second kappa shape index (κ2) is 12.6. The van der Waals surface area contributed by atoms with Gasteiger partial charge in [0.05, 0.1) is 28.1 Å². The number of aromatic nitrogens is 4. The molecule has 0 aliphatic rings. The maximum Gasteiger partial charge on any atom is 0.137 e. The van der Waals surface area contributed by atoms with Crippen LogP contribution in [0.5, 0.6) is 11.5 Å². The highest BCUT2D eigenvalue weighted by Crippen LogP contribution is 2.38. The van der Waals surface area contributed by atoms with Crippen LogP contribution in [0.3, 0.4) is 0 Å². The highest BCUT2D eigenvalue weighted by molar-refractivity contribution is 6.09. The minimum atomic E-state index is 0.787. The molecule has 0 saturated carbocycles. The van der Waals surface area contributed by atoms with Gasteiger partial charge in [0.15, 0.2) is 0 Å². The molecule has 3 aromatic heterocycles. The zero-order valence-electron chi connectivity index (χ0n) is 28.3. The molecule has 0 aliphatic heterocycles. The number of nitrogens with zero attached hydrogens (tertiary/aromatic N) is 4. The summed E-state index contributed by atoms with van der Waals surface area (Å²) in [5.74, 6) is 2.50. The Kier molecular flexibility index (Phi) is 8.15. The van der Waals surface area contributed by atoms with Gasteiger partial charge in [-0.15, -0.1) is 0 Å².